The largest absolute Gasteiger partial charge is 0.270 e. The summed E-state index contributed by atoms with van der Waals surface area (Å²) in [6.07, 6.45) is 0. The van der Waals surface area contributed by atoms with Crippen molar-refractivity contribution in [2.45, 2.75) is 11.8 Å². The van der Waals surface area contributed by atoms with Crippen molar-refractivity contribution in [1.82, 2.24) is 4.83 Å². The molecule has 1 aromatic carbocycles. The highest BCUT2D eigenvalue weighted by Crippen LogP contribution is 2.20. The van der Waals surface area contributed by atoms with E-state index >= 15 is 0 Å². The smallest absolute Gasteiger partial charge is 0.258 e. The molecule has 0 aliphatic rings. The Labute approximate surface area is 86.1 Å². The van der Waals surface area contributed by atoms with E-state index in [4.69, 9.17) is 5.84 Å². The number of aryl methyl sites for hydroxylation is 1. The highest BCUT2D eigenvalue weighted by molar-refractivity contribution is 7.89. The van der Waals surface area contributed by atoms with Crippen molar-refractivity contribution in [3.05, 3.63) is 33.9 Å². The summed E-state index contributed by atoms with van der Waals surface area (Å²) in [5, 5.41) is 10.4. The molecule has 0 spiro atoms. The minimum atomic E-state index is -3.86. The number of nitrogens with two attached hydrogens (primary N) is 1. The first kappa shape index (κ1) is 11.6. The Morgan fingerprint density at radius 3 is 2.53 bits per heavy atom. The number of hydrogen-bond acceptors (Lipinski definition) is 5. The normalized spacial score (nSPS) is 11.3. The van der Waals surface area contributed by atoms with Gasteiger partial charge in [-0.2, -0.15) is 4.83 Å². The van der Waals surface area contributed by atoms with E-state index in [-0.39, 0.29) is 10.6 Å². The summed E-state index contributed by atoms with van der Waals surface area (Å²) in [5.41, 5.74) is 0.0907. The van der Waals surface area contributed by atoms with Gasteiger partial charge < -0.3 is 0 Å². The summed E-state index contributed by atoms with van der Waals surface area (Å²) in [5.74, 6) is 4.83. The van der Waals surface area contributed by atoms with Crippen molar-refractivity contribution in [1.29, 1.82) is 0 Å². The van der Waals surface area contributed by atoms with E-state index in [0.29, 0.717) is 5.56 Å². The maximum Gasteiger partial charge on any atom is 0.270 e. The van der Waals surface area contributed by atoms with Gasteiger partial charge in [0.05, 0.1) is 9.82 Å². The van der Waals surface area contributed by atoms with Gasteiger partial charge in [0.25, 0.3) is 15.7 Å². The van der Waals surface area contributed by atoms with E-state index in [1.165, 1.54) is 19.1 Å². The number of non-ortho nitro benzene ring substituents is 1. The maximum absolute atomic E-state index is 11.3. The standard InChI is InChI=1S/C7H9N3O4S/c1-5-2-3-6(10(11)12)4-7(5)15(13,14)9-8/h2-4,9H,8H2,1H3. The number of hydrogen-bond donors (Lipinski definition) is 2. The van der Waals surface area contributed by atoms with Crippen LogP contribution in [0, 0.1) is 17.0 Å². The molecule has 1 aromatic rings. The second-order valence-corrected chi connectivity index (χ2v) is 4.51. The first-order valence-electron chi connectivity index (χ1n) is 3.86. The van der Waals surface area contributed by atoms with Crippen LogP contribution in [-0.4, -0.2) is 13.3 Å². The lowest BCUT2D eigenvalue weighted by atomic mass is 10.2. The molecular formula is C7H9N3O4S. The average molecular weight is 231 g/mol. The summed E-state index contributed by atoms with van der Waals surface area (Å²) in [6, 6.07) is 3.54. The van der Waals surface area contributed by atoms with Crippen molar-refractivity contribution in [2.24, 2.45) is 5.84 Å². The van der Waals surface area contributed by atoms with Crippen LogP contribution in [0.25, 0.3) is 0 Å². The Morgan fingerprint density at radius 2 is 2.07 bits per heavy atom. The summed E-state index contributed by atoms with van der Waals surface area (Å²) in [4.78, 5) is 11.2. The number of hydrazine groups is 1. The van der Waals surface area contributed by atoms with E-state index < -0.39 is 14.9 Å². The molecule has 1 rings (SSSR count). The molecule has 0 heterocycles. The van der Waals surface area contributed by atoms with Crippen molar-refractivity contribution in [2.75, 3.05) is 0 Å². The number of benzene rings is 1. The summed E-state index contributed by atoms with van der Waals surface area (Å²) in [7, 11) is -3.86. The summed E-state index contributed by atoms with van der Waals surface area (Å²) < 4.78 is 22.7. The van der Waals surface area contributed by atoms with Crippen molar-refractivity contribution in [3.8, 4) is 0 Å². The molecule has 8 heteroatoms. The molecule has 15 heavy (non-hydrogen) atoms. The zero-order valence-electron chi connectivity index (χ0n) is 7.80. The Kier molecular flexibility index (Phi) is 3.03. The molecule has 82 valence electrons. The Balaban J connectivity index is 3.42. The lowest BCUT2D eigenvalue weighted by molar-refractivity contribution is -0.385. The van der Waals surface area contributed by atoms with E-state index in [2.05, 4.69) is 0 Å². The predicted octanol–water partition coefficient (Wildman–Crippen LogP) is 0.0552. The SMILES string of the molecule is Cc1ccc([N+](=O)[O-])cc1S(=O)(=O)NN. The first-order valence-corrected chi connectivity index (χ1v) is 5.34. The third kappa shape index (κ3) is 2.29. The molecular weight excluding hydrogens is 222 g/mol. The topological polar surface area (TPSA) is 115 Å². The zero-order valence-corrected chi connectivity index (χ0v) is 8.61. The Morgan fingerprint density at radius 1 is 1.47 bits per heavy atom. The molecule has 0 bridgehead atoms. The molecule has 0 saturated heterocycles. The lowest BCUT2D eigenvalue weighted by Gasteiger charge is -2.05. The van der Waals surface area contributed by atoms with Crippen LogP contribution in [0.4, 0.5) is 5.69 Å². The lowest BCUT2D eigenvalue weighted by Crippen LogP contribution is -2.30. The van der Waals surface area contributed by atoms with Gasteiger partial charge in [-0.1, -0.05) is 6.07 Å². The average Bonchev–Trinajstić information content (AvgIpc) is 2.17. The molecule has 0 aromatic heterocycles. The monoisotopic (exact) mass is 231 g/mol. The van der Waals surface area contributed by atoms with Crippen molar-refractivity contribution in [3.63, 3.8) is 0 Å². The van der Waals surface area contributed by atoms with Crippen LogP contribution in [0.15, 0.2) is 23.1 Å². The van der Waals surface area contributed by atoms with Crippen LogP contribution in [-0.2, 0) is 10.0 Å². The fraction of sp³-hybridized carbons (Fsp3) is 0.143. The molecule has 3 N–H and O–H groups in total. The summed E-state index contributed by atoms with van der Waals surface area (Å²) in [6.45, 7) is 1.52. The highest BCUT2D eigenvalue weighted by atomic mass is 32.2. The Bertz CT molecular complexity index is 497. The molecule has 0 aliphatic heterocycles. The van der Waals surface area contributed by atoms with E-state index in [9.17, 15) is 18.5 Å². The van der Waals surface area contributed by atoms with E-state index in [0.717, 1.165) is 6.07 Å². The van der Waals surface area contributed by atoms with Crippen LogP contribution >= 0.6 is 0 Å². The van der Waals surface area contributed by atoms with Gasteiger partial charge in [-0.3, -0.25) is 16.0 Å². The fourth-order valence-electron chi connectivity index (χ4n) is 1.06. The van der Waals surface area contributed by atoms with Gasteiger partial charge in [-0.15, -0.1) is 0 Å². The minimum Gasteiger partial charge on any atom is -0.258 e. The Hall–Kier alpha value is -1.51. The molecule has 0 saturated carbocycles. The third-order valence-corrected chi connectivity index (χ3v) is 3.16. The van der Waals surface area contributed by atoms with Crippen LogP contribution in [0.3, 0.4) is 0 Å². The third-order valence-electron chi connectivity index (χ3n) is 1.83. The number of sulfonamides is 1. The summed E-state index contributed by atoms with van der Waals surface area (Å²) >= 11 is 0. The molecule has 0 atom stereocenters. The number of nitro benzene ring substituents is 1. The number of nitrogens with zero attached hydrogens (tertiary/aromatic N) is 1. The highest BCUT2D eigenvalue weighted by Gasteiger charge is 2.18. The van der Waals surface area contributed by atoms with Crippen LogP contribution in [0.5, 0.6) is 0 Å². The second kappa shape index (κ2) is 3.93. The van der Waals surface area contributed by atoms with E-state index in [1.54, 1.807) is 4.83 Å². The number of nitro groups is 1. The van der Waals surface area contributed by atoms with Gasteiger partial charge in [0.15, 0.2) is 0 Å². The van der Waals surface area contributed by atoms with Crippen molar-refractivity contribution >= 4 is 15.7 Å². The molecule has 0 radical (unpaired) electrons. The van der Waals surface area contributed by atoms with E-state index in [1.807, 2.05) is 0 Å². The van der Waals surface area contributed by atoms with Crippen LogP contribution < -0.4 is 10.7 Å². The van der Waals surface area contributed by atoms with Gasteiger partial charge in [0.1, 0.15) is 0 Å². The quantitative estimate of drug-likeness (QED) is 0.433. The van der Waals surface area contributed by atoms with Gasteiger partial charge in [-0.25, -0.2) is 8.42 Å². The van der Waals surface area contributed by atoms with Gasteiger partial charge in [-0.05, 0) is 12.5 Å². The van der Waals surface area contributed by atoms with Gasteiger partial charge in [0.2, 0.25) is 0 Å². The zero-order chi connectivity index (χ0) is 11.6. The van der Waals surface area contributed by atoms with Crippen LogP contribution in [0.1, 0.15) is 5.56 Å². The second-order valence-electron chi connectivity index (χ2n) is 2.83. The van der Waals surface area contributed by atoms with Crippen molar-refractivity contribution < 1.29 is 13.3 Å². The number of nitrogens with one attached hydrogen (secondary N) is 1. The predicted molar refractivity (Wildman–Crippen MR) is 52.3 cm³/mol. The van der Waals surface area contributed by atoms with Gasteiger partial charge in [0, 0.05) is 12.1 Å². The molecule has 0 amide bonds. The van der Waals surface area contributed by atoms with Crippen LogP contribution in [0.2, 0.25) is 0 Å². The molecule has 0 unspecified atom stereocenters. The molecule has 7 nitrogen and oxygen atoms in total. The molecule has 0 fully saturated rings. The number of rotatable bonds is 3. The first-order chi connectivity index (χ1) is 6.88. The van der Waals surface area contributed by atoms with Gasteiger partial charge >= 0.3 is 0 Å². The minimum absolute atomic E-state index is 0.195. The fourth-order valence-corrected chi connectivity index (χ4v) is 1.95. The molecule has 0 aliphatic carbocycles. The maximum atomic E-state index is 11.3.